The van der Waals surface area contributed by atoms with Gasteiger partial charge in [0, 0.05) is 12.8 Å². The molecule has 0 N–H and O–H groups in total. The molecule has 0 aliphatic heterocycles. The summed E-state index contributed by atoms with van der Waals surface area (Å²) in [6.07, 6.45) is -0.151. The molecule has 1 aliphatic carbocycles. The minimum absolute atomic E-state index is 0.135. The van der Waals surface area contributed by atoms with Crippen molar-refractivity contribution in [1.82, 2.24) is 0 Å². The van der Waals surface area contributed by atoms with Gasteiger partial charge < -0.3 is 4.74 Å². The summed E-state index contributed by atoms with van der Waals surface area (Å²) >= 11 is 0. The van der Waals surface area contributed by atoms with Crippen LogP contribution < -0.4 is 0 Å². The summed E-state index contributed by atoms with van der Waals surface area (Å²) in [4.78, 5) is 11.2. The van der Waals surface area contributed by atoms with Gasteiger partial charge in [0.15, 0.2) is 0 Å². The molecule has 0 bridgehead atoms. The van der Waals surface area contributed by atoms with Crippen LogP contribution >= 0.6 is 0 Å². The second kappa shape index (κ2) is 4.54. The van der Waals surface area contributed by atoms with Gasteiger partial charge in [-0.2, -0.15) is 0 Å². The lowest BCUT2D eigenvalue weighted by molar-refractivity contribution is -0.146. The molecule has 0 spiro atoms. The molecule has 1 atom stereocenters. The van der Waals surface area contributed by atoms with Gasteiger partial charge >= 0.3 is 5.97 Å². The molecule has 0 saturated heterocycles. The first kappa shape index (κ1) is 12.0. The molecule has 3 rings (SSSR count). The van der Waals surface area contributed by atoms with Crippen molar-refractivity contribution in [2.45, 2.75) is 25.9 Å². The van der Waals surface area contributed by atoms with Crippen molar-refractivity contribution in [1.29, 1.82) is 0 Å². The molecule has 0 aromatic heterocycles. The highest BCUT2D eigenvalue weighted by Gasteiger charge is 2.33. The summed E-state index contributed by atoms with van der Waals surface area (Å²) < 4.78 is 5.41. The standard InChI is InChI=1S/C17H16O2/c1-11(19-12(2)18)17-15-9-5-3-7-13(15)14-8-4-6-10-16(14)17/h3-11,17H,1-2H3. The number of esters is 1. The normalized spacial score (nSPS) is 14.6. The van der Waals surface area contributed by atoms with Crippen molar-refractivity contribution in [2.24, 2.45) is 0 Å². The van der Waals surface area contributed by atoms with E-state index in [0.29, 0.717) is 0 Å². The van der Waals surface area contributed by atoms with Gasteiger partial charge in [-0.05, 0) is 29.2 Å². The van der Waals surface area contributed by atoms with Crippen molar-refractivity contribution in [3.63, 3.8) is 0 Å². The van der Waals surface area contributed by atoms with Gasteiger partial charge in [0.2, 0.25) is 0 Å². The van der Waals surface area contributed by atoms with Crippen molar-refractivity contribution < 1.29 is 9.53 Å². The van der Waals surface area contributed by atoms with E-state index in [1.807, 2.05) is 19.1 Å². The second-order valence-corrected chi connectivity index (χ2v) is 4.97. The third-order valence-electron chi connectivity index (χ3n) is 3.70. The number of benzene rings is 2. The number of rotatable bonds is 2. The van der Waals surface area contributed by atoms with Crippen LogP contribution in [0.1, 0.15) is 30.9 Å². The van der Waals surface area contributed by atoms with E-state index in [1.54, 1.807) is 0 Å². The zero-order chi connectivity index (χ0) is 13.4. The minimum Gasteiger partial charge on any atom is -0.462 e. The Labute approximate surface area is 113 Å². The maximum atomic E-state index is 11.2. The van der Waals surface area contributed by atoms with Gasteiger partial charge in [-0.1, -0.05) is 48.5 Å². The van der Waals surface area contributed by atoms with E-state index in [9.17, 15) is 4.79 Å². The molecule has 2 aromatic rings. The highest BCUT2D eigenvalue weighted by atomic mass is 16.5. The van der Waals surface area contributed by atoms with E-state index < -0.39 is 0 Å². The van der Waals surface area contributed by atoms with Gasteiger partial charge in [-0.25, -0.2) is 0 Å². The van der Waals surface area contributed by atoms with Crippen LogP contribution in [-0.2, 0) is 9.53 Å². The largest absolute Gasteiger partial charge is 0.462 e. The quantitative estimate of drug-likeness (QED) is 0.761. The summed E-state index contributed by atoms with van der Waals surface area (Å²) in [5.74, 6) is -0.0920. The van der Waals surface area contributed by atoms with Crippen LogP contribution in [0, 0.1) is 0 Å². The summed E-state index contributed by atoms with van der Waals surface area (Å²) in [5, 5.41) is 0. The Kier molecular flexibility index (Phi) is 2.86. The molecular weight excluding hydrogens is 236 g/mol. The SMILES string of the molecule is CC(=O)OC(C)C1c2ccccc2-c2ccccc21. The first-order chi connectivity index (χ1) is 9.18. The van der Waals surface area contributed by atoms with Crippen LogP contribution in [0.5, 0.6) is 0 Å². The zero-order valence-electron chi connectivity index (χ0n) is 11.1. The van der Waals surface area contributed by atoms with Crippen molar-refractivity contribution in [3.05, 3.63) is 59.7 Å². The van der Waals surface area contributed by atoms with Crippen LogP contribution in [0.15, 0.2) is 48.5 Å². The third kappa shape index (κ3) is 1.93. The van der Waals surface area contributed by atoms with E-state index in [1.165, 1.54) is 29.2 Å². The maximum Gasteiger partial charge on any atom is 0.302 e. The summed E-state index contributed by atoms with van der Waals surface area (Å²) in [6.45, 7) is 3.42. The molecule has 0 amide bonds. The molecule has 0 heterocycles. The van der Waals surface area contributed by atoms with Gasteiger partial charge in [0.1, 0.15) is 6.10 Å². The number of hydrogen-bond acceptors (Lipinski definition) is 2. The van der Waals surface area contributed by atoms with Crippen LogP contribution in [0.4, 0.5) is 0 Å². The molecule has 2 heteroatoms. The number of hydrogen-bond donors (Lipinski definition) is 0. The van der Waals surface area contributed by atoms with Gasteiger partial charge in [-0.15, -0.1) is 0 Å². The molecule has 0 fully saturated rings. The number of ether oxygens (including phenoxy) is 1. The number of fused-ring (bicyclic) bond motifs is 3. The maximum absolute atomic E-state index is 11.2. The predicted octanol–water partition coefficient (Wildman–Crippen LogP) is 3.75. The smallest absolute Gasteiger partial charge is 0.302 e. The molecule has 19 heavy (non-hydrogen) atoms. The van der Waals surface area contributed by atoms with E-state index >= 15 is 0 Å². The Morgan fingerprint density at radius 3 is 1.95 bits per heavy atom. The van der Waals surface area contributed by atoms with Gasteiger partial charge in [-0.3, -0.25) is 4.79 Å². The average molecular weight is 252 g/mol. The Morgan fingerprint density at radius 2 is 1.47 bits per heavy atom. The molecule has 1 unspecified atom stereocenters. The fourth-order valence-electron chi connectivity index (χ4n) is 3.03. The summed E-state index contributed by atoms with van der Waals surface area (Å²) in [5.41, 5.74) is 5.00. The zero-order valence-corrected chi connectivity index (χ0v) is 11.1. The number of carbonyl (C=O) groups is 1. The van der Waals surface area contributed by atoms with Crippen LogP contribution in [0.25, 0.3) is 11.1 Å². The van der Waals surface area contributed by atoms with Crippen molar-refractivity contribution in [2.75, 3.05) is 0 Å². The lowest BCUT2D eigenvalue weighted by atomic mass is 9.92. The van der Waals surface area contributed by atoms with Crippen LogP contribution in [0.2, 0.25) is 0 Å². The average Bonchev–Trinajstić information content (AvgIpc) is 2.72. The lowest BCUT2D eigenvalue weighted by Crippen LogP contribution is -2.20. The monoisotopic (exact) mass is 252 g/mol. The van der Waals surface area contributed by atoms with Crippen molar-refractivity contribution in [3.8, 4) is 11.1 Å². The Morgan fingerprint density at radius 1 is 1.00 bits per heavy atom. The molecule has 2 nitrogen and oxygen atoms in total. The summed E-state index contributed by atoms with van der Waals surface area (Å²) in [7, 11) is 0. The molecule has 1 aliphatic rings. The number of carbonyl (C=O) groups excluding carboxylic acids is 1. The van der Waals surface area contributed by atoms with Crippen molar-refractivity contribution >= 4 is 5.97 Å². The Bertz CT molecular complexity index is 585. The Balaban J connectivity index is 2.12. The van der Waals surface area contributed by atoms with Gasteiger partial charge in [0.05, 0.1) is 0 Å². The topological polar surface area (TPSA) is 26.3 Å². The highest BCUT2D eigenvalue weighted by molar-refractivity contribution is 5.79. The first-order valence-electron chi connectivity index (χ1n) is 6.54. The van der Waals surface area contributed by atoms with E-state index in [4.69, 9.17) is 4.74 Å². The van der Waals surface area contributed by atoms with E-state index in [2.05, 4.69) is 36.4 Å². The van der Waals surface area contributed by atoms with Gasteiger partial charge in [0.25, 0.3) is 0 Å². The fourth-order valence-corrected chi connectivity index (χ4v) is 3.03. The molecule has 2 aromatic carbocycles. The van der Waals surface area contributed by atoms with Crippen LogP contribution in [-0.4, -0.2) is 12.1 Å². The highest BCUT2D eigenvalue weighted by Crippen LogP contribution is 2.46. The predicted molar refractivity (Wildman–Crippen MR) is 74.9 cm³/mol. The Hall–Kier alpha value is -2.09. The fraction of sp³-hybridized carbons (Fsp3) is 0.235. The van der Waals surface area contributed by atoms with Crippen LogP contribution in [0.3, 0.4) is 0 Å². The van der Waals surface area contributed by atoms with E-state index in [0.717, 1.165) is 0 Å². The minimum atomic E-state index is -0.227. The lowest BCUT2D eigenvalue weighted by Gasteiger charge is -2.21. The molecule has 0 saturated carbocycles. The molecular formula is C17H16O2. The van der Waals surface area contributed by atoms with E-state index in [-0.39, 0.29) is 18.0 Å². The molecule has 96 valence electrons. The molecule has 0 radical (unpaired) electrons. The third-order valence-corrected chi connectivity index (χ3v) is 3.70. The first-order valence-corrected chi connectivity index (χ1v) is 6.54. The second-order valence-electron chi connectivity index (χ2n) is 4.97. The summed E-state index contributed by atoms with van der Waals surface area (Å²) in [6, 6.07) is 16.7.